The number of anilines is 1. The predicted molar refractivity (Wildman–Crippen MR) is 74.3 cm³/mol. The highest BCUT2D eigenvalue weighted by molar-refractivity contribution is 9.10. The van der Waals surface area contributed by atoms with Crippen molar-refractivity contribution in [1.29, 1.82) is 0 Å². The topological polar surface area (TPSA) is 29.9 Å². The lowest BCUT2D eigenvalue weighted by atomic mass is 10.1. The summed E-state index contributed by atoms with van der Waals surface area (Å²) < 4.78 is 3.06. The summed E-state index contributed by atoms with van der Waals surface area (Å²) in [6.45, 7) is 5.99. The molecule has 90 valence electrons. The van der Waals surface area contributed by atoms with E-state index in [0.29, 0.717) is 0 Å². The maximum Gasteiger partial charge on any atom is 0.0582 e. The summed E-state index contributed by atoms with van der Waals surface area (Å²) >= 11 is 3.50. The van der Waals surface area contributed by atoms with Gasteiger partial charge in [0.05, 0.1) is 6.54 Å². The van der Waals surface area contributed by atoms with Gasteiger partial charge in [0.1, 0.15) is 0 Å². The molecular weight excluding hydrogens is 278 g/mol. The highest BCUT2D eigenvalue weighted by atomic mass is 79.9. The molecule has 4 heteroatoms. The van der Waals surface area contributed by atoms with Crippen LogP contribution in [0.2, 0.25) is 0 Å². The maximum absolute atomic E-state index is 4.18. The van der Waals surface area contributed by atoms with Crippen molar-refractivity contribution in [2.45, 2.75) is 20.4 Å². The monoisotopic (exact) mass is 293 g/mol. The van der Waals surface area contributed by atoms with E-state index in [1.54, 1.807) is 6.20 Å². The summed E-state index contributed by atoms with van der Waals surface area (Å²) in [6, 6.07) is 6.20. The minimum atomic E-state index is 0.877. The Bertz CT molecular complexity index is 468. The summed E-state index contributed by atoms with van der Waals surface area (Å²) in [6.07, 6.45) is 3.78. The molecule has 0 radical (unpaired) electrons. The highest BCUT2D eigenvalue weighted by Crippen LogP contribution is 2.24. The molecule has 0 saturated heterocycles. The Morgan fingerprint density at radius 1 is 1.29 bits per heavy atom. The molecule has 0 aliphatic rings. The Labute approximate surface area is 110 Å². The zero-order valence-corrected chi connectivity index (χ0v) is 11.7. The second kappa shape index (κ2) is 5.36. The van der Waals surface area contributed by atoms with Gasteiger partial charge in [0, 0.05) is 29.1 Å². The molecule has 0 atom stereocenters. The van der Waals surface area contributed by atoms with Crippen LogP contribution in [0, 0.1) is 13.8 Å². The minimum Gasteiger partial charge on any atom is -0.383 e. The number of nitrogens with one attached hydrogen (secondary N) is 1. The van der Waals surface area contributed by atoms with E-state index < -0.39 is 0 Å². The Balaban J connectivity index is 1.99. The quantitative estimate of drug-likeness (QED) is 0.937. The predicted octanol–water partition coefficient (Wildman–Crippen LogP) is 3.37. The van der Waals surface area contributed by atoms with Crippen LogP contribution in [-0.2, 0) is 6.54 Å². The van der Waals surface area contributed by atoms with Crippen LogP contribution in [0.25, 0.3) is 0 Å². The molecule has 0 aliphatic carbocycles. The summed E-state index contributed by atoms with van der Waals surface area (Å²) in [5.41, 5.74) is 3.75. The van der Waals surface area contributed by atoms with Crippen molar-refractivity contribution in [1.82, 2.24) is 9.78 Å². The van der Waals surface area contributed by atoms with Crippen molar-refractivity contribution in [3.05, 3.63) is 46.2 Å². The molecule has 17 heavy (non-hydrogen) atoms. The Morgan fingerprint density at radius 2 is 2.00 bits per heavy atom. The second-order valence-electron chi connectivity index (χ2n) is 4.11. The third-order valence-electron chi connectivity index (χ3n) is 2.70. The first-order chi connectivity index (χ1) is 8.16. The van der Waals surface area contributed by atoms with E-state index in [1.807, 2.05) is 16.9 Å². The van der Waals surface area contributed by atoms with Gasteiger partial charge in [-0.15, -0.1) is 0 Å². The number of nitrogens with zero attached hydrogens (tertiary/aromatic N) is 2. The molecule has 2 aromatic rings. The molecule has 0 unspecified atom stereocenters. The molecule has 2 rings (SSSR count). The van der Waals surface area contributed by atoms with Gasteiger partial charge in [0.15, 0.2) is 0 Å². The molecular formula is C13H16BrN3. The number of rotatable bonds is 4. The molecule has 1 N–H and O–H groups in total. The zero-order chi connectivity index (χ0) is 12.3. The number of benzene rings is 1. The van der Waals surface area contributed by atoms with Crippen LogP contribution in [0.5, 0.6) is 0 Å². The average molecular weight is 294 g/mol. The van der Waals surface area contributed by atoms with Gasteiger partial charge in [0.25, 0.3) is 0 Å². The lowest BCUT2D eigenvalue weighted by Gasteiger charge is -2.13. The fourth-order valence-electron chi connectivity index (χ4n) is 1.92. The summed E-state index contributed by atoms with van der Waals surface area (Å²) in [5.74, 6) is 0. The number of hydrogen-bond acceptors (Lipinski definition) is 2. The first kappa shape index (κ1) is 12.2. The minimum absolute atomic E-state index is 0.877. The van der Waals surface area contributed by atoms with Crippen LogP contribution >= 0.6 is 15.9 Å². The summed E-state index contributed by atoms with van der Waals surface area (Å²) in [5, 5.41) is 7.64. The van der Waals surface area contributed by atoms with Gasteiger partial charge in [0.2, 0.25) is 0 Å². The number of halogens is 1. The molecule has 3 nitrogen and oxygen atoms in total. The SMILES string of the molecule is Cc1cc(Br)cc(C)c1NCCn1cccn1. The fraction of sp³-hybridized carbons (Fsp3) is 0.308. The largest absolute Gasteiger partial charge is 0.383 e. The normalized spacial score (nSPS) is 10.5. The molecule has 0 aliphatic heterocycles. The second-order valence-corrected chi connectivity index (χ2v) is 5.03. The van der Waals surface area contributed by atoms with Gasteiger partial charge in [-0.05, 0) is 43.2 Å². The van der Waals surface area contributed by atoms with Crippen molar-refractivity contribution in [2.24, 2.45) is 0 Å². The van der Waals surface area contributed by atoms with Crippen LogP contribution in [0.15, 0.2) is 35.1 Å². The Morgan fingerprint density at radius 3 is 2.59 bits per heavy atom. The summed E-state index contributed by atoms with van der Waals surface area (Å²) in [4.78, 5) is 0. The first-order valence-electron chi connectivity index (χ1n) is 5.65. The van der Waals surface area contributed by atoms with E-state index in [-0.39, 0.29) is 0 Å². The van der Waals surface area contributed by atoms with Gasteiger partial charge in [-0.3, -0.25) is 4.68 Å². The van der Waals surface area contributed by atoms with E-state index >= 15 is 0 Å². The molecule has 0 bridgehead atoms. The Hall–Kier alpha value is -1.29. The third kappa shape index (κ3) is 3.09. The standard InChI is InChI=1S/C13H16BrN3/c1-10-8-12(14)9-11(2)13(10)15-5-7-17-6-3-4-16-17/h3-4,6,8-9,15H,5,7H2,1-2H3. The van der Waals surface area contributed by atoms with Crippen molar-refractivity contribution in [3.63, 3.8) is 0 Å². The van der Waals surface area contributed by atoms with Crippen LogP contribution in [0.1, 0.15) is 11.1 Å². The van der Waals surface area contributed by atoms with E-state index in [2.05, 4.69) is 52.3 Å². The lowest BCUT2D eigenvalue weighted by molar-refractivity contribution is 0.637. The Kier molecular flexibility index (Phi) is 3.84. The van der Waals surface area contributed by atoms with Crippen LogP contribution < -0.4 is 5.32 Å². The van der Waals surface area contributed by atoms with E-state index in [1.165, 1.54) is 16.8 Å². The molecule has 1 aromatic carbocycles. The van der Waals surface area contributed by atoms with Gasteiger partial charge in [-0.2, -0.15) is 5.10 Å². The van der Waals surface area contributed by atoms with Gasteiger partial charge < -0.3 is 5.32 Å². The van der Waals surface area contributed by atoms with Crippen molar-refractivity contribution < 1.29 is 0 Å². The van der Waals surface area contributed by atoms with Crippen LogP contribution in [-0.4, -0.2) is 16.3 Å². The van der Waals surface area contributed by atoms with E-state index in [4.69, 9.17) is 0 Å². The molecule has 0 amide bonds. The number of hydrogen-bond donors (Lipinski definition) is 1. The smallest absolute Gasteiger partial charge is 0.0582 e. The first-order valence-corrected chi connectivity index (χ1v) is 6.44. The van der Waals surface area contributed by atoms with Crippen LogP contribution in [0.4, 0.5) is 5.69 Å². The van der Waals surface area contributed by atoms with Crippen molar-refractivity contribution in [2.75, 3.05) is 11.9 Å². The van der Waals surface area contributed by atoms with E-state index in [0.717, 1.165) is 17.6 Å². The van der Waals surface area contributed by atoms with Gasteiger partial charge in [-0.1, -0.05) is 15.9 Å². The fourth-order valence-corrected chi connectivity index (χ4v) is 2.60. The van der Waals surface area contributed by atoms with Gasteiger partial charge >= 0.3 is 0 Å². The maximum atomic E-state index is 4.18. The van der Waals surface area contributed by atoms with Gasteiger partial charge in [-0.25, -0.2) is 0 Å². The lowest BCUT2D eigenvalue weighted by Crippen LogP contribution is -2.12. The van der Waals surface area contributed by atoms with E-state index in [9.17, 15) is 0 Å². The molecule has 0 spiro atoms. The highest BCUT2D eigenvalue weighted by Gasteiger charge is 2.03. The van der Waals surface area contributed by atoms with Crippen LogP contribution in [0.3, 0.4) is 0 Å². The molecule has 1 heterocycles. The summed E-state index contributed by atoms with van der Waals surface area (Å²) in [7, 11) is 0. The third-order valence-corrected chi connectivity index (χ3v) is 3.16. The number of aromatic nitrogens is 2. The van der Waals surface area contributed by atoms with Crippen molar-refractivity contribution >= 4 is 21.6 Å². The molecule has 0 saturated carbocycles. The van der Waals surface area contributed by atoms with Crippen molar-refractivity contribution in [3.8, 4) is 0 Å². The number of aryl methyl sites for hydroxylation is 2. The average Bonchev–Trinajstić information content (AvgIpc) is 2.74. The zero-order valence-electron chi connectivity index (χ0n) is 10.1. The molecule has 0 fully saturated rings. The molecule has 1 aromatic heterocycles.